The van der Waals surface area contributed by atoms with Crippen LogP contribution in [0.5, 0.6) is 5.75 Å². The van der Waals surface area contributed by atoms with E-state index in [1.54, 1.807) is 24.3 Å². The zero-order valence-corrected chi connectivity index (χ0v) is 19.9. The Kier molecular flexibility index (Phi) is 7.24. The third kappa shape index (κ3) is 4.88. The third-order valence-corrected chi connectivity index (χ3v) is 6.04. The van der Waals surface area contributed by atoms with Crippen LogP contribution in [0.2, 0.25) is 0 Å². The number of pyridine rings is 1. The van der Waals surface area contributed by atoms with Crippen LogP contribution in [-0.4, -0.2) is 27.0 Å². The van der Waals surface area contributed by atoms with Gasteiger partial charge in [-0.2, -0.15) is 0 Å². The van der Waals surface area contributed by atoms with Crippen molar-refractivity contribution >= 4 is 22.5 Å². The van der Waals surface area contributed by atoms with E-state index in [4.69, 9.17) is 5.73 Å². The largest absolute Gasteiger partial charge is 1.00 e. The second-order valence-electron chi connectivity index (χ2n) is 8.36. The molecule has 0 bridgehead atoms. The Morgan fingerprint density at radius 2 is 1.58 bits per heavy atom. The van der Waals surface area contributed by atoms with Gasteiger partial charge >= 0.3 is 0 Å². The molecule has 0 aliphatic rings. The maximum Gasteiger partial charge on any atom is 0.259 e. The summed E-state index contributed by atoms with van der Waals surface area (Å²) in [6, 6.07) is 23.2. The number of carbonyl (C=O) groups is 1. The molecule has 6 N–H and O–H groups in total. The number of nitrogens with one attached hydrogen (secondary N) is 3. The third-order valence-electron chi connectivity index (χ3n) is 6.04. The number of aromatic hydroxyl groups is 1. The second-order valence-corrected chi connectivity index (χ2v) is 8.36. The van der Waals surface area contributed by atoms with Crippen molar-refractivity contribution < 1.29 is 22.3 Å². The number of nitrogens with two attached hydrogens (primary N) is 1. The van der Waals surface area contributed by atoms with Crippen LogP contribution < -0.4 is 29.0 Å². The number of carbonyl (C=O) groups excluding carboxylic acids is 1. The molecule has 36 heavy (non-hydrogen) atoms. The van der Waals surface area contributed by atoms with E-state index in [-0.39, 0.29) is 29.6 Å². The number of fused-ring (bicyclic) bond motifs is 1. The van der Waals surface area contributed by atoms with Crippen LogP contribution in [0.1, 0.15) is 5.56 Å². The summed E-state index contributed by atoms with van der Waals surface area (Å²) in [4.78, 5) is 31.1. The summed E-state index contributed by atoms with van der Waals surface area (Å²) in [5.41, 5.74) is 10.3. The number of anilines is 1. The van der Waals surface area contributed by atoms with Crippen molar-refractivity contribution in [1.82, 2.24) is 9.97 Å². The Bertz CT molecular complexity index is 1560. The predicted molar refractivity (Wildman–Crippen MR) is 138 cm³/mol. The minimum absolute atomic E-state index is 0. The fraction of sp³-hybridized carbons (Fsp3) is 0.0714. The molecule has 0 saturated carbocycles. The Labute approximate surface area is 213 Å². The maximum atomic E-state index is 12.7. The first-order valence-electron chi connectivity index (χ1n) is 11.2. The number of rotatable bonds is 6. The van der Waals surface area contributed by atoms with Crippen molar-refractivity contribution in [2.24, 2.45) is 5.73 Å². The Balaban J connectivity index is 0.00000304. The molecule has 0 fully saturated rings. The van der Waals surface area contributed by atoms with Gasteiger partial charge in [0.1, 0.15) is 5.75 Å². The molecule has 8 heteroatoms. The summed E-state index contributed by atoms with van der Waals surface area (Å²) in [5.74, 6) is -0.410. The first kappa shape index (κ1) is 24.8. The monoisotopic (exact) mass is 499 g/mol. The van der Waals surface area contributed by atoms with Crippen molar-refractivity contribution in [3.8, 4) is 28.0 Å². The molecule has 1 atom stereocenters. The number of H-pyrrole nitrogens is 2. The average molecular weight is 500 g/mol. The molecule has 2 aromatic heterocycles. The van der Waals surface area contributed by atoms with Gasteiger partial charge < -0.3 is 38.5 Å². The molecule has 5 aromatic rings. The molecule has 182 valence electrons. The van der Waals surface area contributed by atoms with Gasteiger partial charge in [0, 0.05) is 34.5 Å². The first-order chi connectivity index (χ1) is 17.0. The molecular formula is C28H24ClN4O3-. The molecule has 1 amide bonds. The van der Waals surface area contributed by atoms with Crippen LogP contribution in [0.3, 0.4) is 0 Å². The molecule has 7 nitrogen and oxygen atoms in total. The van der Waals surface area contributed by atoms with Crippen LogP contribution in [0.25, 0.3) is 33.2 Å². The Hall–Kier alpha value is -4.33. The van der Waals surface area contributed by atoms with E-state index in [9.17, 15) is 14.7 Å². The molecule has 5 rings (SSSR count). The standard InChI is InChI=1S/C28H24N4O3.ClH/c29-23(14-19-15-30-24-9-5-4-8-21(19)24)27(34)32-20-12-10-18(11-13-20)25-26(33)22(16-31-28(25)35)17-6-2-1-3-7-17;/h1-13,15-16,23,30H,14,29H2,(H,32,34)(H2,31,33,35);1H/p-1/t23-;/m0./s1. The minimum atomic E-state index is -0.733. The number of hydrogen-bond donors (Lipinski definition) is 5. The summed E-state index contributed by atoms with van der Waals surface area (Å²) >= 11 is 0. The number of para-hydroxylation sites is 1. The number of amides is 1. The van der Waals surface area contributed by atoms with E-state index >= 15 is 0 Å². The lowest BCUT2D eigenvalue weighted by Crippen LogP contribution is -3.00. The highest BCUT2D eigenvalue weighted by Gasteiger charge is 2.18. The smallest absolute Gasteiger partial charge is 0.259 e. The highest BCUT2D eigenvalue weighted by molar-refractivity contribution is 5.96. The summed E-state index contributed by atoms with van der Waals surface area (Å²) in [6.45, 7) is 0. The molecular weight excluding hydrogens is 476 g/mol. The number of halogens is 1. The molecule has 3 aromatic carbocycles. The van der Waals surface area contributed by atoms with Crippen LogP contribution >= 0.6 is 0 Å². The van der Waals surface area contributed by atoms with Crippen molar-refractivity contribution in [3.63, 3.8) is 0 Å². The van der Waals surface area contributed by atoms with E-state index in [0.29, 0.717) is 23.2 Å². The summed E-state index contributed by atoms with van der Waals surface area (Å²) < 4.78 is 0. The van der Waals surface area contributed by atoms with Gasteiger partial charge in [0.15, 0.2) is 0 Å². The zero-order chi connectivity index (χ0) is 24.4. The van der Waals surface area contributed by atoms with Gasteiger partial charge in [0.2, 0.25) is 5.91 Å². The lowest BCUT2D eigenvalue weighted by Gasteiger charge is -2.13. The zero-order valence-electron chi connectivity index (χ0n) is 19.2. The number of aromatic amines is 2. The van der Waals surface area contributed by atoms with Gasteiger partial charge in [0.25, 0.3) is 5.56 Å². The van der Waals surface area contributed by atoms with Gasteiger partial charge in [-0.3, -0.25) is 9.59 Å². The van der Waals surface area contributed by atoms with Crippen LogP contribution in [0.15, 0.2) is 96.1 Å². The summed E-state index contributed by atoms with van der Waals surface area (Å²) in [6.07, 6.45) is 3.77. The average Bonchev–Trinajstić information content (AvgIpc) is 3.28. The van der Waals surface area contributed by atoms with Gasteiger partial charge in [-0.05, 0) is 41.3 Å². The number of hydrogen-bond acceptors (Lipinski definition) is 4. The number of aromatic nitrogens is 2. The maximum absolute atomic E-state index is 12.7. The lowest BCUT2D eigenvalue weighted by molar-refractivity contribution is -0.117. The summed E-state index contributed by atoms with van der Waals surface area (Å²) in [5, 5.41) is 14.7. The van der Waals surface area contributed by atoms with Crippen LogP contribution in [0, 0.1) is 0 Å². The fourth-order valence-electron chi connectivity index (χ4n) is 4.21. The van der Waals surface area contributed by atoms with Crippen molar-refractivity contribution in [1.29, 1.82) is 0 Å². The van der Waals surface area contributed by atoms with Gasteiger partial charge in [-0.25, -0.2) is 0 Å². The number of benzene rings is 3. The molecule has 0 spiro atoms. The van der Waals surface area contributed by atoms with Crippen LogP contribution in [-0.2, 0) is 11.2 Å². The van der Waals surface area contributed by atoms with Crippen molar-refractivity contribution in [2.75, 3.05) is 5.32 Å². The topological polar surface area (TPSA) is 124 Å². The normalized spacial score (nSPS) is 11.6. The van der Waals surface area contributed by atoms with E-state index in [1.807, 2.05) is 60.8 Å². The minimum Gasteiger partial charge on any atom is -1.00 e. The highest BCUT2D eigenvalue weighted by atomic mass is 35.5. The van der Waals surface area contributed by atoms with Gasteiger partial charge in [0.05, 0.1) is 11.6 Å². The Morgan fingerprint density at radius 3 is 2.33 bits per heavy atom. The van der Waals surface area contributed by atoms with E-state index in [2.05, 4.69) is 15.3 Å². The van der Waals surface area contributed by atoms with E-state index in [1.165, 1.54) is 6.20 Å². The van der Waals surface area contributed by atoms with Gasteiger partial charge in [-0.15, -0.1) is 0 Å². The second kappa shape index (κ2) is 10.5. The SMILES string of the molecule is N[C@@H](Cc1c[nH]c2ccccc12)C(=O)Nc1ccc(-c2c(O)c(-c3ccccc3)c[nH]c2=O)cc1.[Cl-]. The molecule has 0 saturated heterocycles. The highest BCUT2D eigenvalue weighted by Crippen LogP contribution is 2.35. The fourth-order valence-corrected chi connectivity index (χ4v) is 4.21. The molecule has 0 radical (unpaired) electrons. The van der Waals surface area contributed by atoms with E-state index < -0.39 is 11.6 Å². The van der Waals surface area contributed by atoms with Gasteiger partial charge in [-0.1, -0.05) is 60.7 Å². The van der Waals surface area contributed by atoms with Crippen LogP contribution in [0.4, 0.5) is 5.69 Å². The summed E-state index contributed by atoms with van der Waals surface area (Å²) in [7, 11) is 0. The quantitative estimate of drug-likeness (QED) is 0.242. The lowest BCUT2D eigenvalue weighted by atomic mass is 10.00. The predicted octanol–water partition coefficient (Wildman–Crippen LogP) is 1.41. The van der Waals surface area contributed by atoms with Crippen molar-refractivity contribution in [2.45, 2.75) is 12.5 Å². The molecule has 0 unspecified atom stereocenters. The molecule has 0 aliphatic heterocycles. The molecule has 0 aliphatic carbocycles. The van der Waals surface area contributed by atoms with Crippen molar-refractivity contribution in [3.05, 3.63) is 107 Å². The first-order valence-corrected chi connectivity index (χ1v) is 11.2. The van der Waals surface area contributed by atoms with E-state index in [0.717, 1.165) is 22.0 Å². The Morgan fingerprint density at radius 1 is 0.889 bits per heavy atom. The molecule has 2 heterocycles.